The van der Waals surface area contributed by atoms with Crippen molar-refractivity contribution in [1.29, 1.82) is 0 Å². The predicted octanol–water partition coefficient (Wildman–Crippen LogP) is 3.01. The average molecular weight is 253 g/mol. The third kappa shape index (κ3) is 4.69. The molecule has 0 spiro atoms. The van der Waals surface area contributed by atoms with Crippen LogP contribution in [0.5, 0.6) is 0 Å². The van der Waals surface area contributed by atoms with E-state index in [0.717, 1.165) is 16.1 Å². The lowest BCUT2D eigenvalue weighted by Gasteiger charge is -2.12. The highest BCUT2D eigenvalue weighted by atomic mass is 32.2. The van der Waals surface area contributed by atoms with Gasteiger partial charge < -0.3 is 10.5 Å². The molecule has 0 aliphatic carbocycles. The van der Waals surface area contributed by atoms with Crippen LogP contribution in [-0.4, -0.2) is 17.8 Å². The Bertz CT molecular complexity index is 393. The highest BCUT2D eigenvalue weighted by Crippen LogP contribution is 2.29. The number of carbonyl (C=O) groups excluding carboxylic acids is 1. The topological polar surface area (TPSA) is 52.3 Å². The largest absolute Gasteiger partial charge is 0.466 e. The lowest BCUT2D eigenvalue weighted by atomic mass is 10.2. The van der Waals surface area contributed by atoms with Crippen molar-refractivity contribution in [3.05, 3.63) is 23.8 Å². The van der Waals surface area contributed by atoms with Crippen molar-refractivity contribution in [2.24, 2.45) is 0 Å². The zero-order valence-corrected chi connectivity index (χ0v) is 11.3. The number of aryl methyl sites for hydroxylation is 1. The summed E-state index contributed by atoms with van der Waals surface area (Å²) in [4.78, 5) is 12.5. The molecule has 0 radical (unpaired) electrons. The van der Waals surface area contributed by atoms with Gasteiger partial charge in [0.1, 0.15) is 0 Å². The van der Waals surface area contributed by atoms with Crippen LogP contribution in [0.4, 0.5) is 5.69 Å². The average Bonchev–Trinajstić information content (AvgIpc) is 2.22. The van der Waals surface area contributed by atoms with Crippen LogP contribution in [0.15, 0.2) is 23.1 Å². The molecule has 0 bridgehead atoms. The van der Waals surface area contributed by atoms with Crippen molar-refractivity contribution >= 4 is 23.4 Å². The standard InChI is InChI=1S/C13H19NO2S/c1-4-16-13(15)8-10(3)17-12-6-5-11(14)7-9(12)2/h5-7,10H,4,8,14H2,1-3H3. The summed E-state index contributed by atoms with van der Waals surface area (Å²) in [6, 6.07) is 5.82. The Morgan fingerprint density at radius 1 is 1.53 bits per heavy atom. The Kier molecular flexibility index (Phi) is 5.35. The Balaban J connectivity index is 2.55. The molecule has 94 valence electrons. The normalized spacial score (nSPS) is 12.2. The summed E-state index contributed by atoms with van der Waals surface area (Å²) in [5, 5.41) is 0.205. The summed E-state index contributed by atoms with van der Waals surface area (Å²) in [7, 11) is 0. The molecule has 1 rings (SSSR count). The monoisotopic (exact) mass is 253 g/mol. The molecule has 0 aliphatic heterocycles. The zero-order chi connectivity index (χ0) is 12.8. The number of benzene rings is 1. The Morgan fingerprint density at radius 2 is 2.24 bits per heavy atom. The molecule has 0 aromatic heterocycles. The van der Waals surface area contributed by atoms with E-state index in [9.17, 15) is 4.79 Å². The molecule has 2 N–H and O–H groups in total. The van der Waals surface area contributed by atoms with Gasteiger partial charge in [-0.2, -0.15) is 0 Å². The van der Waals surface area contributed by atoms with Crippen LogP contribution < -0.4 is 5.73 Å². The Labute approximate surface area is 107 Å². The van der Waals surface area contributed by atoms with E-state index in [4.69, 9.17) is 10.5 Å². The fourth-order valence-electron chi connectivity index (χ4n) is 1.52. The van der Waals surface area contributed by atoms with Crippen molar-refractivity contribution in [1.82, 2.24) is 0 Å². The maximum atomic E-state index is 11.3. The third-order valence-corrected chi connectivity index (χ3v) is 3.57. The van der Waals surface area contributed by atoms with Crippen molar-refractivity contribution in [3.8, 4) is 0 Å². The fourth-order valence-corrected chi connectivity index (χ4v) is 2.56. The van der Waals surface area contributed by atoms with Gasteiger partial charge in [0.2, 0.25) is 0 Å². The number of ether oxygens (including phenoxy) is 1. The third-order valence-electron chi connectivity index (χ3n) is 2.29. The van der Waals surface area contributed by atoms with Crippen LogP contribution in [-0.2, 0) is 9.53 Å². The highest BCUT2D eigenvalue weighted by molar-refractivity contribution is 8.00. The van der Waals surface area contributed by atoms with Gasteiger partial charge in [-0.1, -0.05) is 6.92 Å². The van der Waals surface area contributed by atoms with E-state index >= 15 is 0 Å². The number of anilines is 1. The molecule has 0 saturated carbocycles. The molecule has 1 unspecified atom stereocenters. The smallest absolute Gasteiger partial charge is 0.306 e. The second kappa shape index (κ2) is 6.55. The van der Waals surface area contributed by atoms with E-state index in [1.807, 2.05) is 39.0 Å². The summed E-state index contributed by atoms with van der Waals surface area (Å²) in [5.74, 6) is -0.138. The van der Waals surface area contributed by atoms with Gasteiger partial charge in [0.05, 0.1) is 13.0 Å². The molecular weight excluding hydrogens is 234 g/mol. The summed E-state index contributed by atoms with van der Waals surface area (Å²) >= 11 is 1.68. The summed E-state index contributed by atoms with van der Waals surface area (Å²) < 4.78 is 4.93. The molecule has 17 heavy (non-hydrogen) atoms. The number of nitrogen functional groups attached to an aromatic ring is 1. The lowest BCUT2D eigenvalue weighted by Crippen LogP contribution is -2.10. The SMILES string of the molecule is CCOC(=O)CC(C)Sc1ccc(N)cc1C. The van der Waals surface area contributed by atoms with Crippen LogP contribution >= 0.6 is 11.8 Å². The minimum Gasteiger partial charge on any atom is -0.466 e. The van der Waals surface area contributed by atoms with Gasteiger partial charge in [0.25, 0.3) is 0 Å². The molecule has 0 heterocycles. The van der Waals surface area contributed by atoms with Crippen molar-refractivity contribution < 1.29 is 9.53 Å². The molecule has 1 aromatic rings. The van der Waals surface area contributed by atoms with Crippen molar-refractivity contribution in [2.45, 2.75) is 37.3 Å². The van der Waals surface area contributed by atoms with Crippen molar-refractivity contribution in [3.63, 3.8) is 0 Å². The number of esters is 1. The zero-order valence-electron chi connectivity index (χ0n) is 10.5. The van der Waals surface area contributed by atoms with Gasteiger partial charge in [-0.05, 0) is 37.6 Å². The number of thioether (sulfide) groups is 1. The Hall–Kier alpha value is -1.16. The number of hydrogen-bond donors (Lipinski definition) is 1. The number of carbonyl (C=O) groups is 1. The van der Waals surface area contributed by atoms with Gasteiger partial charge in [-0.25, -0.2) is 0 Å². The first kappa shape index (κ1) is 13.9. The van der Waals surface area contributed by atoms with Crippen LogP contribution in [0, 0.1) is 6.92 Å². The van der Waals surface area contributed by atoms with Gasteiger partial charge in [-0.3, -0.25) is 4.79 Å². The van der Waals surface area contributed by atoms with Gasteiger partial charge >= 0.3 is 5.97 Å². The van der Waals surface area contributed by atoms with Crippen LogP contribution in [0.2, 0.25) is 0 Å². The molecule has 3 nitrogen and oxygen atoms in total. The maximum absolute atomic E-state index is 11.3. The van der Waals surface area contributed by atoms with E-state index < -0.39 is 0 Å². The van der Waals surface area contributed by atoms with E-state index in [-0.39, 0.29) is 11.2 Å². The molecule has 0 saturated heterocycles. The number of rotatable bonds is 5. The minimum absolute atomic E-state index is 0.138. The quantitative estimate of drug-likeness (QED) is 0.498. The van der Waals surface area contributed by atoms with Gasteiger partial charge in [-0.15, -0.1) is 11.8 Å². The highest BCUT2D eigenvalue weighted by Gasteiger charge is 2.12. The number of nitrogens with two attached hydrogens (primary N) is 1. The summed E-state index contributed by atoms with van der Waals surface area (Å²) in [5.41, 5.74) is 7.61. The molecule has 0 amide bonds. The molecule has 0 aliphatic rings. The number of hydrogen-bond acceptors (Lipinski definition) is 4. The first-order chi connectivity index (χ1) is 8.02. The molecule has 1 aromatic carbocycles. The second-order valence-electron chi connectivity index (χ2n) is 3.96. The first-order valence-electron chi connectivity index (χ1n) is 5.71. The maximum Gasteiger partial charge on any atom is 0.306 e. The predicted molar refractivity (Wildman–Crippen MR) is 72.2 cm³/mol. The van der Waals surface area contributed by atoms with Crippen LogP contribution in [0.3, 0.4) is 0 Å². The fraction of sp³-hybridized carbons (Fsp3) is 0.462. The summed E-state index contributed by atoms with van der Waals surface area (Å²) in [6.07, 6.45) is 0.433. The van der Waals surface area contributed by atoms with Crippen molar-refractivity contribution in [2.75, 3.05) is 12.3 Å². The van der Waals surface area contributed by atoms with E-state index in [1.54, 1.807) is 11.8 Å². The van der Waals surface area contributed by atoms with Gasteiger partial charge in [0.15, 0.2) is 0 Å². The molecular formula is C13H19NO2S. The van der Waals surface area contributed by atoms with Crippen LogP contribution in [0.25, 0.3) is 0 Å². The van der Waals surface area contributed by atoms with Gasteiger partial charge in [0, 0.05) is 15.8 Å². The second-order valence-corrected chi connectivity index (χ2v) is 5.44. The summed E-state index contributed by atoms with van der Waals surface area (Å²) in [6.45, 7) is 6.31. The Morgan fingerprint density at radius 3 is 2.82 bits per heavy atom. The molecule has 0 fully saturated rings. The van der Waals surface area contributed by atoms with E-state index in [0.29, 0.717) is 13.0 Å². The molecule has 1 atom stereocenters. The first-order valence-corrected chi connectivity index (χ1v) is 6.59. The van der Waals surface area contributed by atoms with E-state index in [1.165, 1.54) is 0 Å². The van der Waals surface area contributed by atoms with Crippen LogP contribution in [0.1, 0.15) is 25.8 Å². The lowest BCUT2D eigenvalue weighted by molar-refractivity contribution is -0.142. The molecule has 4 heteroatoms. The van der Waals surface area contributed by atoms with E-state index in [2.05, 4.69) is 0 Å². The minimum atomic E-state index is -0.138.